The van der Waals surface area contributed by atoms with Crippen molar-refractivity contribution < 1.29 is 9.53 Å². The first kappa shape index (κ1) is 16.4. The fraction of sp³-hybridized carbons (Fsp3) is 0.933. The van der Waals surface area contributed by atoms with E-state index in [4.69, 9.17) is 4.74 Å². The maximum Gasteiger partial charge on any atom is 0.327 e. The van der Waals surface area contributed by atoms with Crippen LogP contribution >= 0.6 is 0 Å². The van der Waals surface area contributed by atoms with E-state index in [9.17, 15) is 4.79 Å². The quantitative estimate of drug-likeness (QED) is 0.720. The summed E-state index contributed by atoms with van der Waals surface area (Å²) in [6.07, 6.45) is 4.63. The molecule has 3 unspecified atom stereocenters. The van der Waals surface area contributed by atoms with Crippen LogP contribution in [0, 0.1) is 0 Å². The Balaban J connectivity index is 2.78. The number of likely N-dealkylation sites (tertiary alicyclic amines) is 1. The van der Waals surface area contributed by atoms with Gasteiger partial charge in [0.05, 0.1) is 7.11 Å². The largest absolute Gasteiger partial charge is 0.468 e. The molecule has 0 aliphatic carbocycles. The van der Waals surface area contributed by atoms with Crippen molar-refractivity contribution in [3.8, 4) is 0 Å². The highest BCUT2D eigenvalue weighted by Gasteiger charge is 2.40. The lowest BCUT2D eigenvalue weighted by Gasteiger charge is -2.37. The highest BCUT2D eigenvalue weighted by Crippen LogP contribution is 2.28. The number of ether oxygens (including phenoxy) is 1. The summed E-state index contributed by atoms with van der Waals surface area (Å²) in [4.78, 5) is 14.6. The second kappa shape index (κ2) is 7.25. The normalized spacial score (nSPS) is 27.2. The van der Waals surface area contributed by atoms with Crippen molar-refractivity contribution in [3.63, 3.8) is 0 Å². The van der Waals surface area contributed by atoms with Crippen LogP contribution in [0.1, 0.15) is 53.4 Å². The smallest absolute Gasteiger partial charge is 0.327 e. The number of rotatable bonds is 7. The SMILES string of the molecule is CCCNC(C)(CN1C(C)CCC1CC)C(=O)OC. The Labute approximate surface area is 117 Å². The fourth-order valence-corrected chi connectivity index (χ4v) is 3.03. The maximum absolute atomic E-state index is 12.1. The Bertz CT molecular complexity index is 296. The minimum Gasteiger partial charge on any atom is -0.468 e. The molecule has 1 rings (SSSR count). The number of hydrogen-bond donors (Lipinski definition) is 1. The van der Waals surface area contributed by atoms with Crippen molar-refractivity contribution in [2.24, 2.45) is 0 Å². The molecule has 1 saturated heterocycles. The zero-order valence-electron chi connectivity index (χ0n) is 13.2. The number of hydrogen-bond acceptors (Lipinski definition) is 4. The van der Waals surface area contributed by atoms with E-state index in [1.165, 1.54) is 20.0 Å². The Kier molecular flexibility index (Phi) is 6.27. The molecule has 1 N–H and O–H groups in total. The molecule has 19 heavy (non-hydrogen) atoms. The third-order valence-electron chi connectivity index (χ3n) is 4.32. The fourth-order valence-electron chi connectivity index (χ4n) is 3.03. The van der Waals surface area contributed by atoms with Crippen LogP contribution in [0.15, 0.2) is 0 Å². The average Bonchev–Trinajstić information content (AvgIpc) is 2.76. The van der Waals surface area contributed by atoms with Crippen LogP contribution in [-0.4, -0.2) is 48.7 Å². The van der Waals surface area contributed by atoms with Gasteiger partial charge in [0.1, 0.15) is 5.54 Å². The van der Waals surface area contributed by atoms with E-state index in [-0.39, 0.29) is 5.97 Å². The van der Waals surface area contributed by atoms with Crippen LogP contribution in [0.25, 0.3) is 0 Å². The molecule has 0 saturated carbocycles. The lowest BCUT2D eigenvalue weighted by atomic mass is 10.00. The topological polar surface area (TPSA) is 41.6 Å². The van der Waals surface area contributed by atoms with Gasteiger partial charge in [0, 0.05) is 18.6 Å². The first-order valence-electron chi connectivity index (χ1n) is 7.57. The van der Waals surface area contributed by atoms with Crippen molar-refractivity contribution in [2.75, 3.05) is 20.2 Å². The number of carbonyl (C=O) groups is 1. The van der Waals surface area contributed by atoms with E-state index >= 15 is 0 Å². The average molecular weight is 270 g/mol. The molecule has 1 heterocycles. The van der Waals surface area contributed by atoms with Gasteiger partial charge in [0.2, 0.25) is 0 Å². The van der Waals surface area contributed by atoms with Gasteiger partial charge >= 0.3 is 5.97 Å². The molecular weight excluding hydrogens is 240 g/mol. The molecule has 1 fully saturated rings. The molecule has 0 radical (unpaired) electrons. The molecule has 1 aliphatic heterocycles. The number of nitrogens with one attached hydrogen (secondary N) is 1. The van der Waals surface area contributed by atoms with Crippen molar-refractivity contribution >= 4 is 5.97 Å². The number of esters is 1. The molecule has 0 aromatic heterocycles. The Morgan fingerprint density at radius 1 is 1.42 bits per heavy atom. The summed E-state index contributed by atoms with van der Waals surface area (Å²) in [5, 5.41) is 3.37. The van der Waals surface area contributed by atoms with Gasteiger partial charge in [0.15, 0.2) is 0 Å². The lowest BCUT2D eigenvalue weighted by molar-refractivity contribution is -0.149. The predicted molar refractivity (Wildman–Crippen MR) is 78.2 cm³/mol. The molecular formula is C15H30N2O2. The monoisotopic (exact) mass is 270 g/mol. The summed E-state index contributed by atoms with van der Waals surface area (Å²) in [6, 6.07) is 1.15. The number of methoxy groups -OCH3 is 1. The van der Waals surface area contributed by atoms with Crippen molar-refractivity contribution in [3.05, 3.63) is 0 Å². The minimum absolute atomic E-state index is 0.157. The predicted octanol–water partition coefficient (Wildman–Crippen LogP) is 2.18. The van der Waals surface area contributed by atoms with Crippen LogP contribution < -0.4 is 5.32 Å². The highest BCUT2D eigenvalue weighted by molar-refractivity contribution is 5.80. The summed E-state index contributed by atoms with van der Waals surface area (Å²) in [5.41, 5.74) is -0.600. The number of carbonyl (C=O) groups excluding carboxylic acids is 1. The van der Waals surface area contributed by atoms with Crippen molar-refractivity contribution in [1.82, 2.24) is 10.2 Å². The zero-order chi connectivity index (χ0) is 14.5. The van der Waals surface area contributed by atoms with Crippen LogP contribution in [0.4, 0.5) is 0 Å². The van der Waals surface area contributed by atoms with Gasteiger partial charge < -0.3 is 10.1 Å². The maximum atomic E-state index is 12.1. The molecule has 4 nitrogen and oxygen atoms in total. The third-order valence-corrected chi connectivity index (χ3v) is 4.32. The summed E-state index contributed by atoms with van der Waals surface area (Å²) in [5.74, 6) is -0.157. The Hall–Kier alpha value is -0.610. The Morgan fingerprint density at radius 3 is 2.63 bits per heavy atom. The van der Waals surface area contributed by atoms with Crippen molar-refractivity contribution in [2.45, 2.75) is 71.0 Å². The first-order chi connectivity index (χ1) is 8.98. The van der Waals surface area contributed by atoms with E-state index in [2.05, 4.69) is 31.0 Å². The van der Waals surface area contributed by atoms with E-state index < -0.39 is 5.54 Å². The Morgan fingerprint density at radius 2 is 2.11 bits per heavy atom. The summed E-state index contributed by atoms with van der Waals surface area (Å²) in [7, 11) is 1.47. The third kappa shape index (κ3) is 3.93. The van der Waals surface area contributed by atoms with Gasteiger partial charge in [-0.3, -0.25) is 9.69 Å². The number of nitrogens with zero attached hydrogens (tertiary/aromatic N) is 1. The standard InChI is InChI=1S/C15H30N2O2/c1-6-10-16-15(4,14(18)19-5)11-17-12(3)8-9-13(17)7-2/h12-13,16H,6-11H2,1-5H3. The summed E-state index contributed by atoms with van der Waals surface area (Å²) in [6.45, 7) is 10.1. The van der Waals surface area contributed by atoms with Crippen LogP contribution in [0.5, 0.6) is 0 Å². The second-order valence-electron chi connectivity index (χ2n) is 5.91. The molecule has 0 bridgehead atoms. The molecule has 1 aliphatic rings. The van der Waals surface area contributed by atoms with Crippen molar-refractivity contribution in [1.29, 1.82) is 0 Å². The molecule has 0 amide bonds. The van der Waals surface area contributed by atoms with E-state index in [1.54, 1.807) is 0 Å². The van der Waals surface area contributed by atoms with Gasteiger partial charge in [-0.05, 0) is 46.1 Å². The van der Waals surface area contributed by atoms with Crippen LogP contribution in [0.3, 0.4) is 0 Å². The minimum atomic E-state index is -0.600. The van der Waals surface area contributed by atoms with Gasteiger partial charge in [0.25, 0.3) is 0 Å². The second-order valence-corrected chi connectivity index (χ2v) is 5.91. The summed E-state index contributed by atoms with van der Waals surface area (Å²) < 4.78 is 5.00. The van der Waals surface area contributed by atoms with Gasteiger partial charge in [-0.25, -0.2) is 0 Å². The zero-order valence-corrected chi connectivity index (χ0v) is 13.2. The first-order valence-corrected chi connectivity index (χ1v) is 7.57. The molecule has 3 atom stereocenters. The van der Waals surface area contributed by atoms with Crippen LogP contribution in [0.2, 0.25) is 0 Å². The molecule has 0 aromatic carbocycles. The van der Waals surface area contributed by atoms with Gasteiger partial charge in [-0.2, -0.15) is 0 Å². The molecule has 4 heteroatoms. The van der Waals surface area contributed by atoms with Gasteiger partial charge in [-0.1, -0.05) is 13.8 Å². The molecule has 112 valence electrons. The molecule has 0 aromatic rings. The van der Waals surface area contributed by atoms with E-state index in [0.717, 1.165) is 25.9 Å². The molecule has 0 spiro atoms. The lowest BCUT2D eigenvalue weighted by Crippen LogP contribution is -2.59. The van der Waals surface area contributed by atoms with Crippen LogP contribution in [-0.2, 0) is 9.53 Å². The summed E-state index contributed by atoms with van der Waals surface area (Å²) >= 11 is 0. The van der Waals surface area contributed by atoms with E-state index in [0.29, 0.717) is 12.1 Å². The van der Waals surface area contributed by atoms with Gasteiger partial charge in [-0.15, -0.1) is 0 Å². The highest BCUT2D eigenvalue weighted by atomic mass is 16.5. The van der Waals surface area contributed by atoms with E-state index in [1.807, 2.05) is 6.92 Å².